The fraction of sp³-hybridized carbons (Fsp3) is 0.400. The van der Waals surface area contributed by atoms with Crippen molar-refractivity contribution in [3.8, 4) is 0 Å². The van der Waals surface area contributed by atoms with E-state index >= 15 is 0 Å². The lowest BCUT2D eigenvalue weighted by atomic mass is 10.3. The van der Waals surface area contributed by atoms with Gasteiger partial charge in [0.05, 0.1) is 11.4 Å². The Bertz CT molecular complexity index is 304. The maximum atomic E-state index is 8.76. The van der Waals surface area contributed by atoms with Crippen molar-refractivity contribution < 1.29 is 5.11 Å². The average molecular weight is 212 g/mol. The monoisotopic (exact) mass is 212 g/mol. The Balaban J connectivity index is 2.63. The van der Waals surface area contributed by atoms with Crippen molar-refractivity contribution >= 4 is 23.1 Å². The summed E-state index contributed by atoms with van der Waals surface area (Å²) in [6, 6.07) is 5.63. The van der Waals surface area contributed by atoms with Gasteiger partial charge >= 0.3 is 0 Å². The fourth-order valence-electron chi connectivity index (χ4n) is 1.10. The van der Waals surface area contributed by atoms with E-state index < -0.39 is 0 Å². The van der Waals surface area contributed by atoms with Crippen molar-refractivity contribution in [3.05, 3.63) is 18.2 Å². The van der Waals surface area contributed by atoms with E-state index in [9.17, 15) is 0 Å². The molecule has 0 fully saturated rings. The van der Waals surface area contributed by atoms with Gasteiger partial charge in [-0.25, -0.2) is 0 Å². The first kappa shape index (κ1) is 11.2. The lowest BCUT2D eigenvalue weighted by molar-refractivity contribution is 0.289. The van der Waals surface area contributed by atoms with Gasteiger partial charge < -0.3 is 16.6 Å². The average Bonchev–Trinajstić information content (AvgIpc) is 2.12. The summed E-state index contributed by atoms with van der Waals surface area (Å²) in [5.41, 5.74) is 12.5. The maximum Gasteiger partial charge on any atom is 0.0559 e. The number of hydrogen-bond acceptors (Lipinski definition) is 4. The predicted molar refractivity (Wildman–Crippen MR) is 62.3 cm³/mol. The molecule has 1 atom stereocenters. The van der Waals surface area contributed by atoms with Crippen LogP contribution in [-0.4, -0.2) is 17.0 Å². The summed E-state index contributed by atoms with van der Waals surface area (Å²) in [5.74, 6) is 0. The van der Waals surface area contributed by atoms with Crippen LogP contribution >= 0.6 is 11.8 Å². The van der Waals surface area contributed by atoms with Crippen molar-refractivity contribution in [1.29, 1.82) is 0 Å². The van der Waals surface area contributed by atoms with Gasteiger partial charge in [-0.3, -0.25) is 0 Å². The molecule has 0 aromatic heterocycles. The second-order valence-electron chi connectivity index (χ2n) is 3.23. The fourth-order valence-corrected chi connectivity index (χ4v) is 2.13. The standard InChI is InChI=1S/C10H16N2OS/c1-7(4-5-13)14-8-2-3-9(11)10(12)6-8/h2-3,6-7,13H,4-5,11-12H2,1H3. The van der Waals surface area contributed by atoms with Crippen molar-refractivity contribution in [2.75, 3.05) is 18.1 Å². The van der Waals surface area contributed by atoms with Gasteiger partial charge in [-0.15, -0.1) is 11.8 Å². The van der Waals surface area contributed by atoms with Crippen LogP contribution in [0.4, 0.5) is 11.4 Å². The Morgan fingerprint density at radius 3 is 2.64 bits per heavy atom. The van der Waals surface area contributed by atoms with Gasteiger partial charge in [-0.2, -0.15) is 0 Å². The summed E-state index contributed by atoms with van der Waals surface area (Å²) in [6.07, 6.45) is 0.787. The molecule has 14 heavy (non-hydrogen) atoms. The van der Waals surface area contributed by atoms with Crippen molar-refractivity contribution in [1.82, 2.24) is 0 Å². The summed E-state index contributed by atoms with van der Waals surface area (Å²) in [6.45, 7) is 2.30. The molecule has 78 valence electrons. The third-order valence-electron chi connectivity index (χ3n) is 1.93. The highest BCUT2D eigenvalue weighted by Gasteiger charge is 2.04. The molecule has 0 bridgehead atoms. The number of aliphatic hydroxyl groups excluding tert-OH is 1. The van der Waals surface area contributed by atoms with Gasteiger partial charge in [0, 0.05) is 16.8 Å². The number of nitrogen functional groups attached to an aromatic ring is 2. The minimum atomic E-state index is 0.221. The first-order chi connectivity index (χ1) is 6.63. The van der Waals surface area contributed by atoms with Crippen LogP contribution in [0.1, 0.15) is 13.3 Å². The van der Waals surface area contributed by atoms with Crippen LogP contribution in [0.15, 0.2) is 23.1 Å². The molecule has 0 heterocycles. The molecule has 0 amide bonds. The second-order valence-corrected chi connectivity index (χ2v) is 4.74. The van der Waals surface area contributed by atoms with E-state index in [-0.39, 0.29) is 6.61 Å². The third kappa shape index (κ3) is 3.12. The van der Waals surface area contributed by atoms with E-state index in [1.807, 2.05) is 18.2 Å². The second kappa shape index (κ2) is 5.12. The summed E-state index contributed by atoms with van der Waals surface area (Å²) in [5, 5.41) is 9.15. The number of nitrogens with two attached hydrogens (primary N) is 2. The molecule has 1 rings (SSSR count). The summed E-state index contributed by atoms with van der Waals surface area (Å²) in [7, 11) is 0. The first-order valence-corrected chi connectivity index (χ1v) is 5.44. The molecule has 0 saturated carbocycles. The van der Waals surface area contributed by atoms with Crippen molar-refractivity contribution in [2.45, 2.75) is 23.5 Å². The van der Waals surface area contributed by atoms with Crippen LogP contribution < -0.4 is 11.5 Å². The van der Waals surface area contributed by atoms with Gasteiger partial charge in [0.25, 0.3) is 0 Å². The molecular weight excluding hydrogens is 196 g/mol. The lowest BCUT2D eigenvalue weighted by Crippen LogP contribution is -2.00. The Hall–Kier alpha value is -0.870. The Labute approximate surface area is 88.5 Å². The molecule has 0 aliphatic rings. The molecule has 0 aliphatic heterocycles. The zero-order chi connectivity index (χ0) is 10.6. The molecule has 1 aromatic carbocycles. The van der Waals surface area contributed by atoms with E-state index in [1.165, 1.54) is 0 Å². The highest BCUT2D eigenvalue weighted by Crippen LogP contribution is 2.28. The van der Waals surface area contributed by atoms with Gasteiger partial charge in [0.2, 0.25) is 0 Å². The SMILES string of the molecule is CC(CCO)Sc1ccc(N)c(N)c1. The molecule has 0 radical (unpaired) electrons. The zero-order valence-electron chi connectivity index (χ0n) is 8.23. The first-order valence-electron chi connectivity index (χ1n) is 4.56. The lowest BCUT2D eigenvalue weighted by Gasteiger charge is -2.10. The zero-order valence-corrected chi connectivity index (χ0v) is 9.05. The number of benzene rings is 1. The summed E-state index contributed by atoms with van der Waals surface area (Å²) in [4.78, 5) is 1.10. The molecule has 4 heteroatoms. The number of hydrogen-bond donors (Lipinski definition) is 3. The molecule has 0 aliphatic carbocycles. The molecular formula is C10H16N2OS. The maximum absolute atomic E-state index is 8.76. The van der Waals surface area contributed by atoms with Gasteiger partial charge in [-0.1, -0.05) is 6.92 Å². The highest BCUT2D eigenvalue weighted by atomic mass is 32.2. The third-order valence-corrected chi connectivity index (χ3v) is 3.10. The van der Waals surface area contributed by atoms with Crippen LogP contribution in [0.25, 0.3) is 0 Å². The Kier molecular flexibility index (Phi) is 4.10. The van der Waals surface area contributed by atoms with E-state index in [0.29, 0.717) is 16.6 Å². The molecule has 1 unspecified atom stereocenters. The van der Waals surface area contributed by atoms with E-state index in [1.54, 1.807) is 11.8 Å². The summed E-state index contributed by atoms with van der Waals surface area (Å²) >= 11 is 1.70. The van der Waals surface area contributed by atoms with Gasteiger partial charge in [0.15, 0.2) is 0 Å². The smallest absolute Gasteiger partial charge is 0.0559 e. The number of rotatable bonds is 4. The van der Waals surface area contributed by atoms with E-state index in [2.05, 4.69) is 6.92 Å². The van der Waals surface area contributed by atoms with Gasteiger partial charge in [-0.05, 0) is 24.6 Å². The van der Waals surface area contributed by atoms with Crippen LogP contribution in [0.5, 0.6) is 0 Å². The molecule has 5 N–H and O–H groups in total. The minimum absolute atomic E-state index is 0.221. The van der Waals surface area contributed by atoms with Crippen LogP contribution in [0.2, 0.25) is 0 Å². The highest BCUT2D eigenvalue weighted by molar-refractivity contribution is 7.99. The van der Waals surface area contributed by atoms with E-state index in [0.717, 1.165) is 11.3 Å². The van der Waals surface area contributed by atoms with Crippen molar-refractivity contribution in [2.24, 2.45) is 0 Å². The summed E-state index contributed by atoms with van der Waals surface area (Å²) < 4.78 is 0. The molecule has 1 aromatic rings. The number of thioether (sulfide) groups is 1. The normalized spacial score (nSPS) is 12.7. The quantitative estimate of drug-likeness (QED) is 0.525. The van der Waals surface area contributed by atoms with Crippen LogP contribution in [-0.2, 0) is 0 Å². The topological polar surface area (TPSA) is 72.3 Å². The minimum Gasteiger partial charge on any atom is -0.397 e. The largest absolute Gasteiger partial charge is 0.397 e. The van der Waals surface area contributed by atoms with Crippen LogP contribution in [0.3, 0.4) is 0 Å². The molecule has 0 spiro atoms. The van der Waals surface area contributed by atoms with Gasteiger partial charge in [0.1, 0.15) is 0 Å². The predicted octanol–water partition coefficient (Wildman–Crippen LogP) is 1.71. The van der Waals surface area contributed by atoms with Crippen molar-refractivity contribution in [3.63, 3.8) is 0 Å². The van der Waals surface area contributed by atoms with Crippen LogP contribution in [0, 0.1) is 0 Å². The Morgan fingerprint density at radius 2 is 2.07 bits per heavy atom. The van der Waals surface area contributed by atoms with E-state index in [4.69, 9.17) is 16.6 Å². The molecule has 0 saturated heterocycles. The number of aliphatic hydroxyl groups is 1. The number of anilines is 2. The molecule has 3 nitrogen and oxygen atoms in total. The Morgan fingerprint density at radius 1 is 1.36 bits per heavy atom.